The minimum absolute atomic E-state index is 0.0718. The Hall–Kier alpha value is -4.35. The van der Waals surface area contributed by atoms with Crippen molar-refractivity contribution in [3.05, 3.63) is 78.2 Å². The lowest BCUT2D eigenvalue weighted by molar-refractivity contribution is 0.341. The first-order valence-electron chi connectivity index (χ1n) is 14.0. The normalized spacial score (nSPS) is 17.0. The first-order chi connectivity index (χ1) is 20.7. The molecule has 9 nitrogen and oxygen atoms in total. The second-order valence-corrected chi connectivity index (χ2v) is 14.2. The van der Waals surface area contributed by atoms with Crippen molar-refractivity contribution in [2.24, 2.45) is 5.92 Å². The predicted molar refractivity (Wildman–Crippen MR) is 172 cm³/mol. The van der Waals surface area contributed by atoms with Crippen LogP contribution >= 0.6 is 11.3 Å². The molecule has 1 aliphatic rings. The third-order valence-electron chi connectivity index (χ3n) is 8.26. The monoisotopic (exact) mass is 610 g/mol. The summed E-state index contributed by atoms with van der Waals surface area (Å²) < 4.78 is 32.7. The standard InChI is InChI=1S/C32H30N6O3S2/c1-19-24-15-34-38(29(24)13-28(35-19)25-14-33-10-9-30(25)41-3)32-12-22(37-16-21(20(37)2)18-43(4,39)40)11-27(36-32)26-17-42-31-8-6-5-7-23(26)31/h5-15,17,20-21H,16,18H2,1-4H3/t20-,21-/m1/s1. The molecule has 6 heterocycles. The average molecular weight is 611 g/mol. The van der Waals surface area contributed by atoms with E-state index in [2.05, 4.69) is 40.4 Å². The molecule has 0 spiro atoms. The SMILES string of the molecule is COc1ccncc1-c1cc2c(cnn2-c2cc(N3C[C@H](CS(C)(=O)=O)[C@H]3C)cc(-c3csc4ccccc34)n2)c(C)n1. The summed E-state index contributed by atoms with van der Waals surface area (Å²) in [5.41, 5.74) is 6.11. The number of fused-ring (bicyclic) bond motifs is 2. The van der Waals surface area contributed by atoms with Crippen LogP contribution in [0.4, 0.5) is 5.69 Å². The Kier molecular flexibility index (Phi) is 6.66. The van der Waals surface area contributed by atoms with Crippen molar-refractivity contribution in [1.29, 1.82) is 0 Å². The summed E-state index contributed by atoms with van der Waals surface area (Å²) >= 11 is 1.69. The van der Waals surface area contributed by atoms with Crippen molar-refractivity contribution in [3.8, 4) is 34.1 Å². The minimum Gasteiger partial charge on any atom is -0.496 e. The molecule has 1 aromatic carbocycles. The van der Waals surface area contributed by atoms with E-state index in [9.17, 15) is 8.42 Å². The predicted octanol–water partition coefficient (Wildman–Crippen LogP) is 5.95. The van der Waals surface area contributed by atoms with Crippen LogP contribution in [-0.4, -0.2) is 64.9 Å². The average Bonchev–Trinajstić information content (AvgIpc) is 3.63. The third-order valence-corrected chi connectivity index (χ3v) is 10.3. The Morgan fingerprint density at radius 2 is 1.84 bits per heavy atom. The number of aryl methyl sites for hydroxylation is 1. The number of benzene rings is 1. The van der Waals surface area contributed by atoms with Crippen LogP contribution in [0.2, 0.25) is 0 Å². The second-order valence-electron chi connectivity index (χ2n) is 11.1. The molecule has 2 atom stereocenters. The number of sulfone groups is 1. The summed E-state index contributed by atoms with van der Waals surface area (Å²) in [6, 6.07) is 16.4. The Bertz CT molecular complexity index is 2120. The van der Waals surface area contributed by atoms with Crippen molar-refractivity contribution < 1.29 is 13.2 Å². The molecule has 0 unspecified atom stereocenters. The summed E-state index contributed by atoms with van der Waals surface area (Å²) in [6.45, 7) is 4.72. The molecule has 1 saturated heterocycles. The zero-order valence-corrected chi connectivity index (χ0v) is 25.9. The van der Waals surface area contributed by atoms with Gasteiger partial charge in [-0.15, -0.1) is 11.3 Å². The van der Waals surface area contributed by atoms with Gasteiger partial charge < -0.3 is 9.64 Å². The number of pyridine rings is 3. The molecule has 5 aromatic heterocycles. The fourth-order valence-electron chi connectivity index (χ4n) is 5.95. The van der Waals surface area contributed by atoms with E-state index in [1.165, 1.54) is 11.0 Å². The van der Waals surface area contributed by atoms with E-state index in [0.717, 1.165) is 50.2 Å². The molecule has 1 aliphatic heterocycles. The number of hydrogen-bond donors (Lipinski definition) is 0. The van der Waals surface area contributed by atoms with Gasteiger partial charge in [-0.2, -0.15) is 5.10 Å². The third kappa shape index (κ3) is 4.92. The fourth-order valence-corrected chi connectivity index (χ4v) is 8.07. The van der Waals surface area contributed by atoms with Crippen molar-refractivity contribution in [2.45, 2.75) is 19.9 Å². The van der Waals surface area contributed by atoms with Crippen LogP contribution in [0.5, 0.6) is 5.75 Å². The second kappa shape index (κ2) is 10.4. The Labute approximate surface area is 253 Å². The molecular weight excluding hydrogens is 581 g/mol. The Balaban J connectivity index is 1.39. The molecule has 0 N–H and O–H groups in total. The number of anilines is 1. The lowest BCUT2D eigenvalue weighted by atomic mass is 9.91. The van der Waals surface area contributed by atoms with Gasteiger partial charge in [0.2, 0.25) is 0 Å². The molecule has 0 radical (unpaired) electrons. The number of hydrogen-bond acceptors (Lipinski definition) is 9. The van der Waals surface area contributed by atoms with Crippen molar-refractivity contribution in [3.63, 3.8) is 0 Å². The van der Waals surface area contributed by atoms with E-state index in [1.807, 2.05) is 48.1 Å². The van der Waals surface area contributed by atoms with Gasteiger partial charge in [-0.1, -0.05) is 18.2 Å². The lowest BCUT2D eigenvalue weighted by Crippen LogP contribution is -2.57. The number of aromatic nitrogens is 5. The van der Waals surface area contributed by atoms with E-state index >= 15 is 0 Å². The van der Waals surface area contributed by atoms with Crippen LogP contribution in [0.15, 0.2) is 72.5 Å². The van der Waals surface area contributed by atoms with Crippen molar-refractivity contribution in [1.82, 2.24) is 24.7 Å². The maximum absolute atomic E-state index is 12.0. The molecule has 6 aromatic rings. The molecular formula is C32H30N6O3S2. The van der Waals surface area contributed by atoms with Gasteiger partial charge >= 0.3 is 0 Å². The number of rotatable bonds is 7. The van der Waals surface area contributed by atoms with Gasteiger partial charge in [0, 0.05) is 81.0 Å². The van der Waals surface area contributed by atoms with Crippen LogP contribution in [0, 0.1) is 12.8 Å². The van der Waals surface area contributed by atoms with Crippen molar-refractivity contribution >= 4 is 47.9 Å². The summed E-state index contributed by atoms with van der Waals surface area (Å²) in [7, 11) is -1.43. The fraction of sp³-hybridized carbons (Fsp3) is 0.250. The van der Waals surface area contributed by atoms with Gasteiger partial charge in [0.25, 0.3) is 0 Å². The van der Waals surface area contributed by atoms with Crippen LogP contribution in [0.25, 0.3) is 49.3 Å². The van der Waals surface area contributed by atoms with Gasteiger partial charge in [0.15, 0.2) is 5.82 Å². The van der Waals surface area contributed by atoms with E-state index in [4.69, 9.17) is 19.8 Å². The number of methoxy groups -OCH3 is 1. The van der Waals surface area contributed by atoms with Gasteiger partial charge in [-0.05, 0) is 38.1 Å². The molecule has 0 bridgehead atoms. The van der Waals surface area contributed by atoms with Gasteiger partial charge in [0.1, 0.15) is 15.6 Å². The molecule has 1 fully saturated rings. The summed E-state index contributed by atoms with van der Waals surface area (Å²) in [6.07, 6.45) is 6.58. The van der Waals surface area contributed by atoms with Gasteiger partial charge in [0.05, 0.1) is 41.5 Å². The minimum atomic E-state index is -3.07. The molecule has 0 saturated carbocycles. The Morgan fingerprint density at radius 1 is 1.02 bits per heavy atom. The molecule has 0 aliphatic carbocycles. The highest BCUT2D eigenvalue weighted by molar-refractivity contribution is 7.90. The smallest absolute Gasteiger partial charge is 0.156 e. The quantitative estimate of drug-likeness (QED) is 0.219. The Morgan fingerprint density at radius 3 is 2.63 bits per heavy atom. The van der Waals surface area contributed by atoms with Crippen LogP contribution in [0.1, 0.15) is 12.6 Å². The van der Waals surface area contributed by atoms with E-state index in [-0.39, 0.29) is 17.7 Å². The van der Waals surface area contributed by atoms with Gasteiger partial charge in [-0.25, -0.2) is 18.1 Å². The maximum atomic E-state index is 12.0. The zero-order valence-electron chi connectivity index (χ0n) is 24.2. The highest BCUT2D eigenvalue weighted by Gasteiger charge is 2.38. The summed E-state index contributed by atoms with van der Waals surface area (Å²) in [5.74, 6) is 1.62. The van der Waals surface area contributed by atoms with Crippen LogP contribution < -0.4 is 9.64 Å². The van der Waals surface area contributed by atoms with E-state index < -0.39 is 9.84 Å². The number of nitrogens with zero attached hydrogens (tertiary/aromatic N) is 6. The molecule has 43 heavy (non-hydrogen) atoms. The van der Waals surface area contributed by atoms with Crippen molar-refractivity contribution in [2.75, 3.05) is 30.6 Å². The first-order valence-corrected chi connectivity index (χ1v) is 16.9. The maximum Gasteiger partial charge on any atom is 0.156 e. The molecule has 218 valence electrons. The van der Waals surface area contributed by atoms with Crippen LogP contribution in [-0.2, 0) is 9.84 Å². The number of thiophene rings is 1. The van der Waals surface area contributed by atoms with Crippen LogP contribution in [0.3, 0.4) is 0 Å². The zero-order chi connectivity index (χ0) is 29.9. The largest absolute Gasteiger partial charge is 0.496 e. The summed E-state index contributed by atoms with van der Waals surface area (Å²) in [5, 5.41) is 9.00. The number of ether oxygens (including phenoxy) is 1. The highest BCUT2D eigenvalue weighted by Crippen LogP contribution is 2.39. The lowest BCUT2D eigenvalue weighted by Gasteiger charge is -2.48. The van der Waals surface area contributed by atoms with E-state index in [0.29, 0.717) is 18.1 Å². The molecule has 0 amide bonds. The van der Waals surface area contributed by atoms with E-state index in [1.54, 1.807) is 30.8 Å². The summed E-state index contributed by atoms with van der Waals surface area (Å²) in [4.78, 5) is 16.6. The molecule has 7 rings (SSSR count). The first kappa shape index (κ1) is 27.5. The highest BCUT2D eigenvalue weighted by atomic mass is 32.2. The van der Waals surface area contributed by atoms with Gasteiger partial charge in [-0.3, -0.25) is 9.97 Å². The topological polar surface area (TPSA) is 103 Å². The molecule has 11 heteroatoms.